The summed E-state index contributed by atoms with van der Waals surface area (Å²) in [5.74, 6) is 0.0823. The van der Waals surface area contributed by atoms with E-state index in [1.165, 1.54) is 32.4 Å². The molecule has 1 aliphatic heterocycles. The molecule has 0 unspecified atom stereocenters. The monoisotopic (exact) mass is 425 g/mol. The molecular formula is C20H31N3O5S. The molecule has 0 spiro atoms. The number of piperidine rings is 1. The van der Waals surface area contributed by atoms with Crippen LogP contribution in [0.5, 0.6) is 5.75 Å². The Balaban J connectivity index is 2.03. The highest BCUT2D eigenvalue weighted by Gasteiger charge is 2.28. The van der Waals surface area contributed by atoms with Crippen molar-refractivity contribution in [1.82, 2.24) is 14.9 Å². The number of hydrogen-bond acceptors (Lipinski definition) is 5. The molecule has 1 saturated heterocycles. The maximum absolute atomic E-state index is 12.6. The fraction of sp³-hybridized carbons (Fsp3) is 0.600. The number of benzene rings is 1. The minimum absolute atomic E-state index is 0.0558. The molecule has 162 valence electrons. The lowest BCUT2D eigenvalue weighted by Gasteiger charge is -2.34. The minimum atomic E-state index is -3.76. The van der Waals surface area contributed by atoms with Crippen molar-refractivity contribution in [1.29, 1.82) is 0 Å². The molecule has 2 amide bonds. The molecule has 0 atom stereocenters. The van der Waals surface area contributed by atoms with Crippen molar-refractivity contribution in [2.75, 3.05) is 27.2 Å². The average Bonchev–Trinajstić information content (AvgIpc) is 2.74. The van der Waals surface area contributed by atoms with Gasteiger partial charge in [-0.15, -0.1) is 0 Å². The highest BCUT2D eigenvalue weighted by Crippen LogP contribution is 2.25. The maximum Gasteiger partial charge on any atom is 0.251 e. The number of amides is 2. The number of methoxy groups -OCH3 is 1. The smallest absolute Gasteiger partial charge is 0.251 e. The van der Waals surface area contributed by atoms with Gasteiger partial charge in [-0.1, -0.05) is 13.8 Å². The first-order chi connectivity index (χ1) is 13.8. The highest BCUT2D eigenvalue weighted by atomic mass is 32.2. The molecule has 0 bridgehead atoms. The second-order valence-corrected chi connectivity index (χ2v) is 9.01. The van der Waals surface area contributed by atoms with Crippen LogP contribution in [-0.2, 0) is 14.8 Å². The van der Waals surface area contributed by atoms with E-state index in [0.717, 1.165) is 12.8 Å². The van der Waals surface area contributed by atoms with Gasteiger partial charge in [-0.25, -0.2) is 13.1 Å². The van der Waals surface area contributed by atoms with Gasteiger partial charge in [-0.3, -0.25) is 9.59 Å². The molecule has 2 N–H and O–H groups in total. The fourth-order valence-corrected chi connectivity index (χ4v) is 4.47. The summed E-state index contributed by atoms with van der Waals surface area (Å²) in [5.41, 5.74) is 0.246. The van der Waals surface area contributed by atoms with Gasteiger partial charge in [0, 0.05) is 30.6 Å². The lowest BCUT2D eigenvalue weighted by molar-refractivity contribution is -0.136. The van der Waals surface area contributed by atoms with Crippen LogP contribution in [-0.4, -0.2) is 58.4 Å². The SMILES string of the molecule is CCC(CC)C(=O)N1CCC(NC(=O)c2ccc(OC)c(S(=O)(=O)NC)c2)CC1. The van der Waals surface area contributed by atoms with Crippen molar-refractivity contribution >= 4 is 21.8 Å². The number of sulfonamides is 1. The molecule has 1 aromatic rings. The van der Waals surface area contributed by atoms with E-state index in [1.807, 2.05) is 18.7 Å². The number of carbonyl (C=O) groups excluding carboxylic acids is 2. The van der Waals surface area contributed by atoms with Gasteiger partial charge in [0.2, 0.25) is 15.9 Å². The van der Waals surface area contributed by atoms with Gasteiger partial charge in [0.25, 0.3) is 5.91 Å². The van der Waals surface area contributed by atoms with Gasteiger partial charge in [0.15, 0.2) is 0 Å². The Morgan fingerprint density at radius 2 is 1.83 bits per heavy atom. The summed E-state index contributed by atoms with van der Waals surface area (Å²) in [5, 5.41) is 2.95. The summed E-state index contributed by atoms with van der Waals surface area (Å²) in [6.45, 7) is 5.28. The second kappa shape index (κ2) is 10.1. The Bertz CT molecular complexity index is 829. The summed E-state index contributed by atoms with van der Waals surface area (Å²) in [7, 11) is -1.08. The van der Waals surface area contributed by atoms with Crippen LogP contribution < -0.4 is 14.8 Å². The lowest BCUT2D eigenvalue weighted by Crippen LogP contribution is -2.48. The topological polar surface area (TPSA) is 105 Å². The van der Waals surface area contributed by atoms with Gasteiger partial charge in [-0.05, 0) is 50.9 Å². The quantitative estimate of drug-likeness (QED) is 0.660. The summed E-state index contributed by atoms with van der Waals surface area (Å²) >= 11 is 0. The molecular weight excluding hydrogens is 394 g/mol. The molecule has 1 aliphatic rings. The zero-order chi connectivity index (χ0) is 21.6. The first-order valence-corrected chi connectivity index (χ1v) is 11.5. The van der Waals surface area contributed by atoms with Crippen molar-refractivity contribution < 1.29 is 22.7 Å². The van der Waals surface area contributed by atoms with Crippen LogP contribution in [0.4, 0.5) is 0 Å². The number of nitrogens with one attached hydrogen (secondary N) is 2. The van der Waals surface area contributed by atoms with Crippen LogP contribution in [0.1, 0.15) is 49.9 Å². The Labute approximate surface area is 173 Å². The van der Waals surface area contributed by atoms with Crippen LogP contribution in [0, 0.1) is 5.92 Å². The number of nitrogens with zero attached hydrogens (tertiary/aromatic N) is 1. The molecule has 0 radical (unpaired) electrons. The summed E-state index contributed by atoms with van der Waals surface area (Å²) in [6.07, 6.45) is 3.02. The molecule has 0 aliphatic carbocycles. The van der Waals surface area contributed by atoms with Gasteiger partial charge in [0.05, 0.1) is 7.11 Å². The van der Waals surface area contributed by atoms with E-state index in [2.05, 4.69) is 10.0 Å². The molecule has 0 aromatic heterocycles. The van der Waals surface area contributed by atoms with E-state index in [4.69, 9.17) is 4.74 Å². The lowest BCUT2D eigenvalue weighted by atomic mass is 9.98. The Kier molecular flexibility index (Phi) is 8.04. The Morgan fingerprint density at radius 3 is 2.34 bits per heavy atom. The van der Waals surface area contributed by atoms with Crippen LogP contribution in [0.25, 0.3) is 0 Å². The fourth-order valence-electron chi connectivity index (χ4n) is 3.55. The molecule has 9 heteroatoms. The van der Waals surface area contributed by atoms with E-state index in [-0.39, 0.29) is 40.0 Å². The summed E-state index contributed by atoms with van der Waals surface area (Å²) < 4.78 is 31.7. The first kappa shape index (κ1) is 23.2. The first-order valence-electron chi connectivity index (χ1n) is 9.98. The highest BCUT2D eigenvalue weighted by molar-refractivity contribution is 7.89. The van der Waals surface area contributed by atoms with Crippen LogP contribution in [0.15, 0.2) is 23.1 Å². The Hall–Kier alpha value is -2.13. The van der Waals surface area contributed by atoms with E-state index in [9.17, 15) is 18.0 Å². The largest absolute Gasteiger partial charge is 0.495 e. The number of ether oxygens (including phenoxy) is 1. The number of carbonyl (C=O) groups is 2. The number of hydrogen-bond donors (Lipinski definition) is 2. The molecule has 29 heavy (non-hydrogen) atoms. The van der Waals surface area contributed by atoms with E-state index in [1.54, 1.807) is 0 Å². The summed E-state index contributed by atoms with van der Waals surface area (Å²) in [4.78, 5) is 26.9. The van der Waals surface area contributed by atoms with E-state index in [0.29, 0.717) is 25.9 Å². The van der Waals surface area contributed by atoms with Crippen molar-refractivity contribution in [3.8, 4) is 5.75 Å². The normalized spacial score (nSPS) is 15.4. The van der Waals surface area contributed by atoms with Crippen molar-refractivity contribution in [3.05, 3.63) is 23.8 Å². The third-order valence-electron chi connectivity index (χ3n) is 5.46. The average molecular weight is 426 g/mol. The summed E-state index contributed by atoms with van der Waals surface area (Å²) in [6, 6.07) is 4.26. The van der Waals surface area contributed by atoms with E-state index >= 15 is 0 Å². The van der Waals surface area contributed by atoms with Gasteiger partial charge >= 0.3 is 0 Å². The van der Waals surface area contributed by atoms with E-state index < -0.39 is 10.0 Å². The third kappa shape index (κ3) is 5.48. The molecule has 1 aromatic carbocycles. The third-order valence-corrected chi connectivity index (χ3v) is 6.90. The van der Waals surface area contributed by atoms with Gasteiger partial charge in [0.1, 0.15) is 10.6 Å². The zero-order valence-electron chi connectivity index (χ0n) is 17.5. The Morgan fingerprint density at radius 1 is 1.21 bits per heavy atom. The predicted molar refractivity (Wildman–Crippen MR) is 110 cm³/mol. The molecule has 1 fully saturated rings. The van der Waals surface area contributed by atoms with Crippen molar-refractivity contribution in [2.24, 2.45) is 5.92 Å². The van der Waals surface area contributed by atoms with Crippen LogP contribution >= 0.6 is 0 Å². The van der Waals surface area contributed by atoms with Crippen molar-refractivity contribution in [2.45, 2.75) is 50.5 Å². The van der Waals surface area contributed by atoms with Crippen LogP contribution in [0.3, 0.4) is 0 Å². The second-order valence-electron chi connectivity index (χ2n) is 7.16. The van der Waals surface area contributed by atoms with Crippen molar-refractivity contribution in [3.63, 3.8) is 0 Å². The van der Waals surface area contributed by atoms with Gasteiger partial charge in [-0.2, -0.15) is 0 Å². The predicted octanol–water partition coefficient (Wildman–Crippen LogP) is 1.76. The number of likely N-dealkylation sites (tertiary alicyclic amines) is 1. The minimum Gasteiger partial charge on any atom is -0.495 e. The van der Waals surface area contributed by atoms with Crippen LogP contribution in [0.2, 0.25) is 0 Å². The maximum atomic E-state index is 12.6. The standard InChI is InChI=1S/C20H31N3O5S/c1-5-14(6-2)20(25)23-11-9-16(10-12-23)22-19(24)15-7-8-17(28-4)18(13-15)29(26,27)21-3/h7-8,13-14,16,21H,5-6,9-12H2,1-4H3,(H,22,24). The van der Waals surface area contributed by atoms with Gasteiger partial charge < -0.3 is 15.0 Å². The number of rotatable bonds is 8. The molecule has 1 heterocycles. The molecule has 2 rings (SSSR count). The zero-order valence-corrected chi connectivity index (χ0v) is 18.3. The molecule has 0 saturated carbocycles. The molecule has 8 nitrogen and oxygen atoms in total.